The van der Waals surface area contributed by atoms with Crippen molar-refractivity contribution in [3.63, 3.8) is 0 Å². The van der Waals surface area contributed by atoms with Gasteiger partial charge in [-0.3, -0.25) is 0 Å². The van der Waals surface area contributed by atoms with Gasteiger partial charge in [0, 0.05) is 5.56 Å². The van der Waals surface area contributed by atoms with Gasteiger partial charge >= 0.3 is 0 Å². The third kappa shape index (κ3) is 5.01. The quantitative estimate of drug-likeness (QED) is 0.278. The summed E-state index contributed by atoms with van der Waals surface area (Å²) in [5.74, 6) is -0.751. The Morgan fingerprint density at radius 3 is 1.97 bits per heavy atom. The standard InChI is InChI=1S/C29H33Cl2NO4Si/c1-28(2,3)37(19-12-8-6-9-13-19,20-14-10-7-11-15-20)33-18-22-25-26(36-29(4,5)35-25)24(34-22)21-16-17-23(30)32-27(21)31/h6-17,22,24-26H,18H2,1-5H3/t22-,24+,25-,26+/m1/s1. The van der Waals surface area contributed by atoms with E-state index in [4.69, 9.17) is 41.8 Å². The lowest BCUT2D eigenvalue weighted by atomic mass is 10.0. The second-order valence-electron chi connectivity index (χ2n) is 11.1. The number of halogens is 2. The highest BCUT2D eigenvalue weighted by Gasteiger charge is 2.57. The predicted molar refractivity (Wildman–Crippen MR) is 149 cm³/mol. The predicted octanol–water partition coefficient (Wildman–Crippen LogP) is 5.93. The van der Waals surface area contributed by atoms with Crippen molar-refractivity contribution < 1.29 is 18.6 Å². The van der Waals surface area contributed by atoms with Crippen molar-refractivity contribution in [3.8, 4) is 0 Å². The highest BCUT2D eigenvalue weighted by atomic mass is 35.5. The first-order chi connectivity index (χ1) is 17.5. The van der Waals surface area contributed by atoms with E-state index in [1.165, 1.54) is 10.4 Å². The van der Waals surface area contributed by atoms with E-state index in [0.717, 1.165) is 5.56 Å². The molecule has 5 rings (SSSR count). The third-order valence-corrected chi connectivity index (χ3v) is 12.7. The lowest BCUT2D eigenvalue weighted by Gasteiger charge is -2.43. The van der Waals surface area contributed by atoms with Gasteiger partial charge in [-0.25, -0.2) is 4.98 Å². The second-order valence-corrected chi connectivity index (χ2v) is 16.2. The molecule has 1 aromatic heterocycles. The van der Waals surface area contributed by atoms with Gasteiger partial charge in [0.2, 0.25) is 0 Å². The highest BCUT2D eigenvalue weighted by Crippen LogP contribution is 2.47. The van der Waals surface area contributed by atoms with Crippen LogP contribution < -0.4 is 10.4 Å². The van der Waals surface area contributed by atoms with Gasteiger partial charge in [0.1, 0.15) is 34.7 Å². The minimum absolute atomic E-state index is 0.150. The van der Waals surface area contributed by atoms with Crippen LogP contribution in [0.15, 0.2) is 72.8 Å². The van der Waals surface area contributed by atoms with Gasteiger partial charge in [-0.05, 0) is 35.3 Å². The minimum atomic E-state index is -2.75. The van der Waals surface area contributed by atoms with Gasteiger partial charge in [-0.1, -0.05) is 111 Å². The number of aromatic nitrogens is 1. The molecular formula is C29H33Cl2NO4Si. The SMILES string of the molecule is CC1(C)O[C@@H]2[C@H](O1)[C@@H](CO[Si](c1ccccc1)(c1ccccc1)C(C)(C)C)O[C@H]2c1ccc(Cl)nc1Cl. The van der Waals surface area contributed by atoms with E-state index in [0.29, 0.717) is 16.9 Å². The van der Waals surface area contributed by atoms with Crippen LogP contribution in [0.4, 0.5) is 0 Å². The van der Waals surface area contributed by atoms with E-state index >= 15 is 0 Å². The molecule has 2 aromatic carbocycles. The van der Waals surface area contributed by atoms with Crippen molar-refractivity contribution in [1.29, 1.82) is 0 Å². The highest BCUT2D eigenvalue weighted by molar-refractivity contribution is 6.99. The summed E-state index contributed by atoms with van der Waals surface area (Å²) in [5.41, 5.74) is 0.732. The number of pyridine rings is 1. The molecular weight excluding hydrogens is 525 g/mol. The Hall–Kier alpha value is -1.77. The number of hydrogen-bond acceptors (Lipinski definition) is 5. The zero-order valence-electron chi connectivity index (χ0n) is 21.8. The lowest BCUT2D eigenvalue weighted by molar-refractivity contribution is -0.190. The molecule has 0 radical (unpaired) electrons. The molecule has 3 heterocycles. The summed E-state index contributed by atoms with van der Waals surface area (Å²) in [5, 5.41) is 2.92. The van der Waals surface area contributed by atoms with E-state index in [2.05, 4.69) is 74.3 Å². The molecule has 2 aliphatic rings. The van der Waals surface area contributed by atoms with Crippen LogP contribution >= 0.6 is 23.2 Å². The van der Waals surface area contributed by atoms with Gasteiger partial charge < -0.3 is 18.6 Å². The van der Waals surface area contributed by atoms with Crippen LogP contribution in [0.5, 0.6) is 0 Å². The van der Waals surface area contributed by atoms with E-state index in [9.17, 15) is 0 Å². The van der Waals surface area contributed by atoms with Crippen LogP contribution in [-0.2, 0) is 18.6 Å². The van der Waals surface area contributed by atoms with E-state index < -0.39 is 20.2 Å². The molecule has 0 unspecified atom stereocenters. The molecule has 196 valence electrons. The number of fused-ring (bicyclic) bond motifs is 1. The second kappa shape index (κ2) is 10.1. The van der Waals surface area contributed by atoms with Gasteiger partial charge in [-0.2, -0.15) is 0 Å². The first-order valence-corrected chi connectivity index (χ1v) is 15.3. The van der Waals surface area contributed by atoms with Gasteiger partial charge in [0.15, 0.2) is 5.79 Å². The van der Waals surface area contributed by atoms with E-state index in [1.807, 2.05) is 32.0 Å². The zero-order chi connectivity index (χ0) is 26.4. The monoisotopic (exact) mass is 557 g/mol. The summed E-state index contributed by atoms with van der Waals surface area (Å²) >= 11 is 12.6. The fourth-order valence-corrected chi connectivity index (χ4v) is 10.7. The van der Waals surface area contributed by atoms with Gasteiger partial charge in [-0.15, -0.1) is 0 Å². The molecule has 0 amide bonds. The Bertz CT molecular complexity index is 1200. The molecule has 4 atom stereocenters. The third-order valence-electron chi connectivity index (χ3n) is 7.18. The molecule has 2 aliphatic heterocycles. The Kier molecular flexibility index (Phi) is 7.31. The maximum absolute atomic E-state index is 7.17. The maximum Gasteiger partial charge on any atom is 0.261 e. The Labute approximate surface area is 230 Å². The first kappa shape index (κ1) is 26.8. The van der Waals surface area contributed by atoms with Crippen LogP contribution in [0.25, 0.3) is 0 Å². The van der Waals surface area contributed by atoms with Crippen LogP contribution in [0.2, 0.25) is 15.3 Å². The van der Waals surface area contributed by atoms with E-state index in [-0.39, 0.29) is 23.4 Å². The largest absolute Gasteiger partial charge is 0.405 e. The number of rotatable bonds is 6. The summed E-state index contributed by atoms with van der Waals surface area (Å²) in [7, 11) is -2.75. The number of hydrogen-bond donors (Lipinski definition) is 0. The van der Waals surface area contributed by atoms with Crippen LogP contribution in [0.1, 0.15) is 46.3 Å². The molecule has 8 heteroatoms. The lowest BCUT2D eigenvalue weighted by Crippen LogP contribution is -2.67. The molecule has 2 fully saturated rings. The molecule has 0 N–H and O–H groups in total. The molecule has 2 saturated heterocycles. The van der Waals surface area contributed by atoms with Crippen LogP contribution in [-0.4, -0.2) is 44.0 Å². The van der Waals surface area contributed by atoms with Gasteiger partial charge in [0.25, 0.3) is 8.32 Å². The summed E-state index contributed by atoms with van der Waals surface area (Å²) in [6.07, 6.45) is -1.46. The smallest absolute Gasteiger partial charge is 0.261 e. The summed E-state index contributed by atoms with van der Waals surface area (Å²) in [4.78, 5) is 4.22. The molecule has 0 bridgehead atoms. The minimum Gasteiger partial charge on any atom is -0.405 e. The normalized spacial score (nSPS) is 25.3. The van der Waals surface area contributed by atoms with Gasteiger partial charge in [0.05, 0.1) is 6.61 Å². The first-order valence-electron chi connectivity index (χ1n) is 12.6. The van der Waals surface area contributed by atoms with Crippen molar-refractivity contribution in [2.45, 2.75) is 69.9 Å². The number of nitrogens with zero attached hydrogens (tertiary/aromatic N) is 1. The fraction of sp³-hybridized carbons (Fsp3) is 0.414. The summed E-state index contributed by atoms with van der Waals surface area (Å²) in [6.45, 7) is 11.0. The average molecular weight is 559 g/mol. The van der Waals surface area contributed by atoms with Crippen molar-refractivity contribution in [3.05, 3.63) is 88.7 Å². The number of ether oxygens (including phenoxy) is 3. The molecule has 0 saturated carbocycles. The molecule has 5 nitrogen and oxygen atoms in total. The Morgan fingerprint density at radius 1 is 0.865 bits per heavy atom. The van der Waals surface area contributed by atoms with Crippen molar-refractivity contribution in [2.75, 3.05) is 6.61 Å². The maximum atomic E-state index is 7.17. The molecule has 0 aliphatic carbocycles. The van der Waals surface area contributed by atoms with Crippen molar-refractivity contribution >= 4 is 41.9 Å². The Morgan fingerprint density at radius 2 is 1.43 bits per heavy atom. The number of benzene rings is 2. The van der Waals surface area contributed by atoms with Crippen molar-refractivity contribution in [2.24, 2.45) is 0 Å². The average Bonchev–Trinajstić information content (AvgIpc) is 3.33. The zero-order valence-corrected chi connectivity index (χ0v) is 24.3. The van der Waals surface area contributed by atoms with Crippen LogP contribution in [0.3, 0.4) is 0 Å². The summed E-state index contributed by atoms with van der Waals surface area (Å²) < 4.78 is 26.4. The topological polar surface area (TPSA) is 49.8 Å². The molecule has 0 spiro atoms. The van der Waals surface area contributed by atoms with E-state index in [1.54, 1.807) is 6.07 Å². The fourth-order valence-electron chi connectivity index (χ4n) is 5.67. The molecule has 3 aromatic rings. The van der Waals surface area contributed by atoms with Crippen LogP contribution in [0, 0.1) is 0 Å². The Balaban J connectivity index is 1.51. The summed E-state index contributed by atoms with van der Waals surface area (Å²) in [6, 6.07) is 24.7. The van der Waals surface area contributed by atoms with Crippen molar-refractivity contribution in [1.82, 2.24) is 4.98 Å². The molecule has 37 heavy (non-hydrogen) atoms.